The van der Waals surface area contributed by atoms with Crippen molar-refractivity contribution in [3.05, 3.63) is 29.1 Å². The van der Waals surface area contributed by atoms with Crippen LogP contribution < -0.4 is 10.2 Å². The summed E-state index contributed by atoms with van der Waals surface area (Å²) < 4.78 is 13.5. The number of piperazine rings is 1. The zero-order valence-corrected chi connectivity index (χ0v) is 11.0. The fourth-order valence-corrected chi connectivity index (χ4v) is 2.99. The van der Waals surface area contributed by atoms with E-state index in [1.54, 1.807) is 6.07 Å². The summed E-state index contributed by atoms with van der Waals surface area (Å²) in [6, 6.07) is 4.74. The molecule has 0 spiro atoms. The molecule has 0 bridgehead atoms. The maximum atomic E-state index is 13.5. The number of fused-ring (bicyclic) bond motifs is 3. The topological polar surface area (TPSA) is 15.3 Å². The first-order chi connectivity index (χ1) is 7.66. The number of halogens is 2. The SMILES string of the molecule is Cc1cc2c(cc1F)C[C@H]1CNCC(C)N21.Cl. The van der Waals surface area contributed by atoms with Gasteiger partial charge in [-0.05, 0) is 43.5 Å². The molecule has 2 aliphatic rings. The van der Waals surface area contributed by atoms with E-state index in [-0.39, 0.29) is 18.2 Å². The minimum Gasteiger partial charge on any atom is -0.363 e. The summed E-state index contributed by atoms with van der Waals surface area (Å²) in [5, 5.41) is 3.43. The van der Waals surface area contributed by atoms with Gasteiger partial charge in [0, 0.05) is 30.9 Å². The summed E-state index contributed by atoms with van der Waals surface area (Å²) in [6.07, 6.45) is 0.976. The molecule has 17 heavy (non-hydrogen) atoms. The Labute approximate surface area is 108 Å². The van der Waals surface area contributed by atoms with E-state index in [0.717, 1.165) is 25.1 Å². The van der Waals surface area contributed by atoms with Crippen molar-refractivity contribution in [1.29, 1.82) is 0 Å². The number of hydrogen-bond donors (Lipinski definition) is 1. The van der Waals surface area contributed by atoms with Crippen LogP contribution in [0.2, 0.25) is 0 Å². The lowest BCUT2D eigenvalue weighted by atomic mass is 10.1. The van der Waals surface area contributed by atoms with Gasteiger partial charge in [0.05, 0.1) is 0 Å². The molecular weight excluding hydrogens is 239 g/mol. The van der Waals surface area contributed by atoms with Crippen molar-refractivity contribution in [3.63, 3.8) is 0 Å². The van der Waals surface area contributed by atoms with Crippen LogP contribution in [0.25, 0.3) is 0 Å². The Morgan fingerprint density at radius 3 is 2.88 bits per heavy atom. The molecule has 1 saturated heterocycles. The number of nitrogens with one attached hydrogen (secondary N) is 1. The van der Waals surface area contributed by atoms with E-state index in [1.165, 1.54) is 11.3 Å². The van der Waals surface area contributed by atoms with Crippen LogP contribution in [-0.2, 0) is 6.42 Å². The van der Waals surface area contributed by atoms with Gasteiger partial charge in [0.15, 0.2) is 0 Å². The number of aryl methyl sites for hydroxylation is 1. The largest absolute Gasteiger partial charge is 0.363 e. The second-order valence-electron chi connectivity index (χ2n) is 5.00. The number of nitrogens with zero attached hydrogens (tertiary/aromatic N) is 1. The molecule has 0 saturated carbocycles. The van der Waals surface area contributed by atoms with E-state index in [0.29, 0.717) is 12.1 Å². The normalized spacial score (nSPS) is 26.2. The summed E-state index contributed by atoms with van der Waals surface area (Å²) in [5.74, 6) is -0.0702. The van der Waals surface area contributed by atoms with Crippen molar-refractivity contribution in [2.45, 2.75) is 32.4 Å². The van der Waals surface area contributed by atoms with Gasteiger partial charge < -0.3 is 10.2 Å². The van der Waals surface area contributed by atoms with Crippen LogP contribution >= 0.6 is 12.4 Å². The fraction of sp³-hybridized carbons (Fsp3) is 0.538. The summed E-state index contributed by atoms with van der Waals surface area (Å²) >= 11 is 0. The molecule has 1 aromatic rings. The molecule has 0 aromatic heterocycles. The molecule has 2 aliphatic heterocycles. The number of anilines is 1. The number of hydrogen-bond acceptors (Lipinski definition) is 2. The van der Waals surface area contributed by atoms with Gasteiger partial charge in [0.1, 0.15) is 5.82 Å². The van der Waals surface area contributed by atoms with Crippen LogP contribution in [0, 0.1) is 12.7 Å². The van der Waals surface area contributed by atoms with E-state index in [4.69, 9.17) is 0 Å². The standard InChI is InChI=1S/C13H17FN2.ClH/c1-8-3-13-10(5-12(8)14)4-11-7-15-6-9(2)16(11)13;/h3,5,9,11,15H,4,6-7H2,1-2H3;1H/t9?,11-;/m0./s1. The van der Waals surface area contributed by atoms with Gasteiger partial charge in [-0.25, -0.2) is 4.39 Å². The maximum absolute atomic E-state index is 13.5. The van der Waals surface area contributed by atoms with Gasteiger partial charge in [-0.1, -0.05) is 0 Å². The van der Waals surface area contributed by atoms with E-state index in [9.17, 15) is 4.39 Å². The second-order valence-corrected chi connectivity index (χ2v) is 5.00. The van der Waals surface area contributed by atoms with E-state index in [2.05, 4.69) is 17.1 Å². The van der Waals surface area contributed by atoms with Crippen molar-refractivity contribution >= 4 is 18.1 Å². The van der Waals surface area contributed by atoms with Crippen molar-refractivity contribution in [2.75, 3.05) is 18.0 Å². The third kappa shape index (κ3) is 1.91. The first-order valence-electron chi connectivity index (χ1n) is 5.95. The quantitative estimate of drug-likeness (QED) is 0.766. The highest BCUT2D eigenvalue weighted by Crippen LogP contribution is 2.36. The Hall–Kier alpha value is -0.800. The van der Waals surface area contributed by atoms with Crippen molar-refractivity contribution in [2.24, 2.45) is 0 Å². The highest BCUT2D eigenvalue weighted by molar-refractivity contribution is 5.85. The minimum absolute atomic E-state index is 0. The summed E-state index contributed by atoms with van der Waals surface area (Å²) in [6.45, 7) is 6.11. The summed E-state index contributed by atoms with van der Waals surface area (Å²) in [4.78, 5) is 2.46. The highest BCUT2D eigenvalue weighted by atomic mass is 35.5. The first-order valence-corrected chi connectivity index (χ1v) is 5.95. The fourth-order valence-electron chi connectivity index (χ4n) is 2.99. The van der Waals surface area contributed by atoms with E-state index >= 15 is 0 Å². The molecule has 4 heteroatoms. The summed E-state index contributed by atoms with van der Waals surface area (Å²) in [5.41, 5.74) is 3.17. The second kappa shape index (κ2) is 4.46. The Kier molecular flexibility index (Phi) is 3.32. The Bertz CT molecular complexity index is 436. The molecule has 3 rings (SSSR count). The molecule has 2 atom stereocenters. The van der Waals surface area contributed by atoms with Gasteiger partial charge in [-0.2, -0.15) is 0 Å². The van der Waals surface area contributed by atoms with Gasteiger partial charge in [0.25, 0.3) is 0 Å². The average molecular weight is 257 g/mol. The Morgan fingerprint density at radius 1 is 1.35 bits per heavy atom. The third-order valence-corrected chi connectivity index (χ3v) is 3.78. The van der Waals surface area contributed by atoms with Crippen LogP contribution in [0.4, 0.5) is 10.1 Å². The molecule has 2 nitrogen and oxygen atoms in total. The van der Waals surface area contributed by atoms with Crippen LogP contribution in [0.1, 0.15) is 18.1 Å². The summed E-state index contributed by atoms with van der Waals surface area (Å²) in [7, 11) is 0. The average Bonchev–Trinajstić information content (AvgIpc) is 2.58. The smallest absolute Gasteiger partial charge is 0.126 e. The number of rotatable bonds is 0. The lowest BCUT2D eigenvalue weighted by Gasteiger charge is -2.38. The predicted molar refractivity (Wildman–Crippen MR) is 70.7 cm³/mol. The van der Waals surface area contributed by atoms with Crippen LogP contribution in [-0.4, -0.2) is 25.2 Å². The van der Waals surface area contributed by atoms with Crippen molar-refractivity contribution < 1.29 is 4.39 Å². The van der Waals surface area contributed by atoms with Crippen molar-refractivity contribution in [1.82, 2.24) is 5.32 Å². The molecule has 2 heterocycles. The van der Waals surface area contributed by atoms with Gasteiger partial charge in [0.2, 0.25) is 0 Å². The van der Waals surface area contributed by atoms with Crippen molar-refractivity contribution in [3.8, 4) is 0 Å². The molecule has 1 aromatic carbocycles. The zero-order chi connectivity index (χ0) is 11.3. The Balaban J connectivity index is 0.00000108. The van der Waals surface area contributed by atoms with E-state index < -0.39 is 0 Å². The van der Waals surface area contributed by atoms with Crippen LogP contribution in [0.3, 0.4) is 0 Å². The molecule has 0 aliphatic carbocycles. The molecule has 94 valence electrons. The monoisotopic (exact) mass is 256 g/mol. The third-order valence-electron chi connectivity index (χ3n) is 3.78. The first kappa shape index (κ1) is 12.7. The van der Waals surface area contributed by atoms with Crippen LogP contribution in [0.15, 0.2) is 12.1 Å². The Morgan fingerprint density at radius 2 is 2.12 bits per heavy atom. The molecule has 1 N–H and O–H groups in total. The molecule has 0 radical (unpaired) electrons. The number of benzene rings is 1. The molecule has 1 fully saturated rings. The molecule has 1 unspecified atom stereocenters. The van der Waals surface area contributed by atoms with E-state index in [1.807, 2.05) is 13.0 Å². The maximum Gasteiger partial charge on any atom is 0.126 e. The van der Waals surface area contributed by atoms with Gasteiger partial charge in [-0.15, -0.1) is 12.4 Å². The lowest BCUT2D eigenvalue weighted by molar-refractivity contribution is 0.430. The minimum atomic E-state index is -0.0702. The lowest BCUT2D eigenvalue weighted by Crippen LogP contribution is -2.54. The predicted octanol–water partition coefficient (Wildman–Crippen LogP) is 2.28. The highest BCUT2D eigenvalue weighted by Gasteiger charge is 2.35. The van der Waals surface area contributed by atoms with Crippen LogP contribution in [0.5, 0.6) is 0 Å². The molecule has 0 amide bonds. The van der Waals surface area contributed by atoms with Gasteiger partial charge in [-0.3, -0.25) is 0 Å². The zero-order valence-electron chi connectivity index (χ0n) is 10.2. The van der Waals surface area contributed by atoms with Gasteiger partial charge >= 0.3 is 0 Å². The molecular formula is C13H18ClFN2.